The fraction of sp³-hybridized carbons (Fsp3) is 0.875. The smallest absolute Gasteiger partial charge is 0.240 e. The minimum atomic E-state index is -0.545. The van der Waals surface area contributed by atoms with E-state index < -0.39 is 5.66 Å². The quantitative estimate of drug-likeness (QED) is 0.627. The maximum Gasteiger partial charge on any atom is 0.240 e. The number of amides is 1. The number of nitrogens with zero attached hydrogens (tertiary/aromatic N) is 2. The van der Waals surface area contributed by atoms with Gasteiger partial charge in [-0.2, -0.15) is 5.06 Å². The molecule has 0 radical (unpaired) electrons. The van der Waals surface area contributed by atoms with E-state index in [0.717, 1.165) is 5.06 Å². The molecule has 1 N–H and O–H groups in total. The second-order valence-corrected chi connectivity index (χ2v) is 3.76. The molecule has 1 amide bonds. The Morgan fingerprint density at radius 1 is 1.58 bits per heavy atom. The van der Waals surface area contributed by atoms with E-state index in [9.17, 15) is 10.0 Å². The Hall–Kier alpha value is -0.610. The lowest BCUT2D eigenvalue weighted by Crippen LogP contribution is -2.52. The maximum atomic E-state index is 11.2. The summed E-state index contributed by atoms with van der Waals surface area (Å²) in [5.41, 5.74) is -0.545. The first-order valence-corrected chi connectivity index (χ1v) is 4.14. The van der Waals surface area contributed by atoms with Gasteiger partial charge in [0.25, 0.3) is 0 Å². The third-order valence-corrected chi connectivity index (χ3v) is 2.95. The van der Waals surface area contributed by atoms with Crippen LogP contribution in [0.5, 0.6) is 0 Å². The summed E-state index contributed by atoms with van der Waals surface area (Å²) in [6, 6.07) is 0. The van der Waals surface area contributed by atoms with Gasteiger partial charge >= 0.3 is 0 Å². The topological polar surface area (TPSA) is 43.8 Å². The molecule has 0 aliphatic carbocycles. The van der Waals surface area contributed by atoms with Crippen LogP contribution in [0.4, 0.5) is 0 Å². The van der Waals surface area contributed by atoms with Gasteiger partial charge in [0.15, 0.2) is 0 Å². The number of rotatable bonds is 1. The fourth-order valence-electron chi connectivity index (χ4n) is 1.51. The Labute approximate surface area is 72.7 Å². The minimum Gasteiger partial charge on any atom is -0.324 e. The van der Waals surface area contributed by atoms with Crippen LogP contribution in [0.25, 0.3) is 0 Å². The SMILES string of the molecule is CC(C)[C@@]1(C)N(O)CC(=O)N1C. The molecule has 0 aromatic heterocycles. The summed E-state index contributed by atoms with van der Waals surface area (Å²) < 4.78 is 0. The van der Waals surface area contributed by atoms with E-state index in [1.165, 1.54) is 0 Å². The molecule has 70 valence electrons. The number of hydroxylamine groups is 2. The molecular weight excluding hydrogens is 156 g/mol. The predicted octanol–water partition coefficient (Wildman–Crippen LogP) is 0.522. The molecule has 1 fully saturated rings. The number of hydrogen-bond donors (Lipinski definition) is 1. The molecule has 0 saturated carbocycles. The van der Waals surface area contributed by atoms with Crippen molar-refractivity contribution in [2.45, 2.75) is 26.4 Å². The molecule has 12 heavy (non-hydrogen) atoms. The highest BCUT2D eigenvalue weighted by Crippen LogP contribution is 2.30. The molecule has 0 spiro atoms. The van der Waals surface area contributed by atoms with Gasteiger partial charge in [-0.05, 0) is 12.8 Å². The van der Waals surface area contributed by atoms with E-state index >= 15 is 0 Å². The van der Waals surface area contributed by atoms with Crippen molar-refractivity contribution in [2.24, 2.45) is 5.92 Å². The van der Waals surface area contributed by atoms with Crippen molar-refractivity contribution in [3.05, 3.63) is 0 Å². The number of carbonyl (C=O) groups is 1. The lowest BCUT2D eigenvalue weighted by Gasteiger charge is -2.39. The van der Waals surface area contributed by atoms with Gasteiger partial charge in [0, 0.05) is 7.05 Å². The van der Waals surface area contributed by atoms with Crippen LogP contribution in [0, 0.1) is 5.92 Å². The van der Waals surface area contributed by atoms with Gasteiger partial charge in [-0.25, -0.2) is 0 Å². The normalized spacial score (nSPS) is 32.2. The predicted molar refractivity (Wildman–Crippen MR) is 44.5 cm³/mol. The molecule has 1 aliphatic rings. The van der Waals surface area contributed by atoms with E-state index in [4.69, 9.17) is 0 Å². The second kappa shape index (κ2) is 2.71. The number of likely N-dealkylation sites (N-methyl/N-ethyl adjacent to an activating group) is 1. The summed E-state index contributed by atoms with van der Waals surface area (Å²) in [6.07, 6.45) is 0. The molecule has 0 bridgehead atoms. The summed E-state index contributed by atoms with van der Waals surface area (Å²) in [5.74, 6) is 0.174. The van der Waals surface area contributed by atoms with Gasteiger partial charge in [-0.15, -0.1) is 0 Å². The molecule has 0 aromatic carbocycles. The summed E-state index contributed by atoms with van der Waals surface area (Å²) >= 11 is 0. The Balaban J connectivity index is 2.95. The molecule has 1 atom stereocenters. The molecule has 4 heteroatoms. The van der Waals surface area contributed by atoms with Crippen molar-refractivity contribution in [3.63, 3.8) is 0 Å². The molecule has 4 nitrogen and oxygen atoms in total. The zero-order valence-electron chi connectivity index (χ0n) is 8.03. The van der Waals surface area contributed by atoms with Gasteiger partial charge in [-0.3, -0.25) is 4.79 Å². The van der Waals surface area contributed by atoms with Crippen molar-refractivity contribution in [3.8, 4) is 0 Å². The van der Waals surface area contributed by atoms with Crippen molar-refractivity contribution in [1.29, 1.82) is 0 Å². The minimum absolute atomic E-state index is 0.0336. The number of carbonyl (C=O) groups excluding carboxylic acids is 1. The fourth-order valence-corrected chi connectivity index (χ4v) is 1.51. The summed E-state index contributed by atoms with van der Waals surface area (Å²) in [7, 11) is 1.72. The highest BCUT2D eigenvalue weighted by atomic mass is 16.5. The van der Waals surface area contributed by atoms with Crippen LogP contribution in [0.15, 0.2) is 0 Å². The van der Waals surface area contributed by atoms with E-state index in [0.29, 0.717) is 0 Å². The van der Waals surface area contributed by atoms with Crippen LogP contribution in [0.3, 0.4) is 0 Å². The Kier molecular flexibility index (Phi) is 2.14. The maximum absolute atomic E-state index is 11.2. The summed E-state index contributed by atoms with van der Waals surface area (Å²) in [6.45, 7) is 5.93. The average molecular weight is 172 g/mol. The second-order valence-electron chi connectivity index (χ2n) is 3.76. The van der Waals surface area contributed by atoms with Crippen LogP contribution in [0.1, 0.15) is 20.8 Å². The van der Waals surface area contributed by atoms with Crippen LogP contribution in [0.2, 0.25) is 0 Å². The molecule has 1 rings (SSSR count). The van der Waals surface area contributed by atoms with Crippen molar-refractivity contribution >= 4 is 5.91 Å². The molecular formula is C8H16N2O2. The van der Waals surface area contributed by atoms with Crippen LogP contribution in [-0.4, -0.2) is 40.3 Å². The van der Waals surface area contributed by atoms with Crippen LogP contribution >= 0.6 is 0 Å². The first-order valence-electron chi connectivity index (χ1n) is 4.14. The van der Waals surface area contributed by atoms with Crippen LogP contribution < -0.4 is 0 Å². The van der Waals surface area contributed by atoms with Gasteiger partial charge in [0.05, 0.1) is 0 Å². The van der Waals surface area contributed by atoms with Gasteiger partial charge < -0.3 is 10.1 Å². The van der Waals surface area contributed by atoms with Gasteiger partial charge in [-0.1, -0.05) is 13.8 Å². The third kappa shape index (κ3) is 1.03. The van der Waals surface area contributed by atoms with Crippen molar-refractivity contribution in [2.75, 3.05) is 13.6 Å². The van der Waals surface area contributed by atoms with E-state index in [-0.39, 0.29) is 18.4 Å². The molecule has 0 unspecified atom stereocenters. The summed E-state index contributed by atoms with van der Waals surface area (Å²) in [4.78, 5) is 12.8. The Morgan fingerprint density at radius 3 is 2.25 bits per heavy atom. The molecule has 1 aliphatic heterocycles. The van der Waals surface area contributed by atoms with Gasteiger partial charge in [0.2, 0.25) is 5.91 Å². The van der Waals surface area contributed by atoms with E-state index in [1.807, 2.05) is 20.8 Å². The standard InChI is InChI=1S/C8H16N2O2/c1-6(2)8(3)9(4)7(11)5-10(8)12/h6,12H,5H2,1-4H3/t8-/m1/s1. The van der Waals surface area contributed by atoms with Crippen molar-refractivity contribution < 1.29 is 10.0 Å². The van der Waals surface area contributed by atoms with Crippen molar-refractivity contribution in [1.82, 2.24) is 9.96 Å². The zero-order valence-corrected chi connectivity index (χ0v) is 8.03. The van der Waals surface area contributed by atoms with Gasteiger partial charge in [0.1, 0.15) is 12.2 Å². The molecule has 0 aromatic rings. The lowest BCUT2D eigenvalue weighted by molar-refractivity contribution is -0.190. The highest BCUT2D eigenvalue weighted by molar-refractivity contribution is 5.80. The Morgan fingerprint density at radius 2 is 2.08 bits per heavy atom. The first-order chi connectivity index (χ1) is 5.40. The zero-order chi connectivity index (χ0) is 9.52. The molecule has 1 heterocycles. The number of hydrogen-bond acceptors (Lipinski definition) is 3. The third-order valence-electron chi connectivity index (χ3n) is 2.95. The first kappa shape index (κ1) is 9.48. The monoisotopic (exact) mass is 172 g/mol. The average Bonchev–Trinajstić information content (AvgIpc) is 2.16. The Bertz CT molecular complexity index is 205. The summed E-state index contributed by atoms with van der Waals surface area (Å²) in [5, 5.41) is 10.6. The molecule has 1 saturated heterocycles. The lowest BCUT2D eigenvalue weighted by atomic mass is 9.98. The van der Waals surface area contributed by atoms with E-state index in [2.05, 4.69) is 0 Å². The van der Waals surface area contributed by atoms with E-state index in [1.54, 1.807) is 11.9 Å². The van der Waals surface area contributed by atoms with Crippen LogP contribution in [-0.2, 0) is 4.79 Å². The largest absolute Gasteiger partial charge is 0.324 e. The highest BCUT2D eigenvalue weighted by Gasteiger charge is 2.47.